The number of rotatable bonds is 5. The smallest absolute Gasteiger partial charge is 0.238 e. The number of carbonyl (C=O) groups excluding carboxylic acids is 1. The van der Waals surface area contributed by atoms with E-state index in [0.717, 1.165) is 10.9 Å². The summed E-state index contributed by atoms with van der Waals surface area (Å²) >= 11 is 0. The summed E-state index contributed by atoms with van der Waals surface area (Å²) in [4.78, 5) is 15.9. The maximum Gasteiger partial charge on any atom is 0.238 e. The number of para-hydroxylation sites is 1. The van der Waals surface area contributed by atoms with Gasteiger partial charge in [0.2, 0.25) is 5.91 Å². The van der Waals surface area contributed by atoms with E-state index in [0.29, 0.717) is 12.2 Å². The first-order valence-electron chi connectivity index (χ1n) is 5.76. The zero-order valence-electron chi connectivity index (χ0n) is 10.0. The summed E-state index contributed by atoms with van der Waals surface area (Å²) in [6.07, 6.45) is 3.37. The van der Waals surface area contributed by atoms with Crippen LogP contribution in [0.1, 0.15) is 0 Å². The first-order chi connectivity index (χ1) is 8.79. The standard InChI is InChI=1S/C14H15N3O/c1-2-7-15-10-14(18)17-12-8-11-5-3-4-6-13(11)16-9-12/h2-6,8-9,15H,1,7,10H2,(H,17,18). The predicted octanol–water partition coefficient (Wildman–Crippen LogP) is 1.95. The second kappa shape index (κ2) is 5.93. The number of fused-ring (bicyclic) bond motifs is 1. The van der Waals surface area contributed by atoms with Crippen LogP contribution in [-0.4, -0.2) is 24.0 Å². The molecule has 0 atom stereocenters. The van der Waals surface area contributed by atoms with Crippen molar-refractivity contribution in [3.05, 3.63) is 49.2 Å². The van der Waals surface area contributed by atoms with E-state index in [1.165, 1.54) is 0 Å². The van der Waals surface area contributed by atoms with Crippen LogP contribution in [-0.2, 0) is 4.79 Å². The van der Waals surface area contributed by atoms with Gasteiger partial charge in [0.25, 0.3) is 0 Å². The molecular formula is C14H15N3O. The van der Waals surface area contributed by atoms with Crippen LogP contribution in [0.25, 0.3) is 10.9 Å². The van der Waals surface area contributed by atoms with E-state index >= 15 is 0 Å². The maximum atomic E-state index is 11.6. The van der Waals surface area contributed by atoms with Crippen molar-refractivity contribution in [2.45, 2.75) is 0 Å². The highest BCUT2D eigenvalue weighted by Crippen LogP contribution is 2.15. The third-order valence-corrected chi connectivity index (χ3v) is 2.45. The van der Waals surface area contributed by atoms with Crippen LogP contribution in [0.5, 0.6) is 0 Å². The first kappa shape index (κ1) is 12.3. The predicted molar refractivity (Wildman–Crippen MR) is 73.4 cm³/mol. The summed E-state index contributed by atoms with van der Waals surface area (Å²) in [5, 5.41) is 6.75. The van der Waals surface area contributed by atoms with Crippen molar-refractivity contribution in [3.8, 4) is 0 Å². The summed E-state index contributed by atoms with van der Waals surface area (Å²) < 4.78 is 0. The summed E-state index contributed by atoms with van der Waals surface area (Å²) in [5.74, 6) is -0.0890. The fourth-order valence-electron chi connectivity index (χ4n) is 1.63. The number of pyridine rings is 1. The third kappa shape index (κ3) is 3.15. The molecule has 0 unspecified atom stereocenters. The third-order valence-electron chi connectivity index (χ3n) is 2.45. The number of carbonyl (C=O) groups is 1. The average Bonchev–Trinajstić information content (AvgIpc) is 2.39. The number of hydrogen-bond acceptors (Lipinski definition) is 3. The molecule has 0 aliphatic heterocycles. The molecule has 0 saturated carbocycles. The summed E-state index contributed by atoms with van der Waals surface area (Å²) in [7, 11) is 0. The number of nitrogens with one attached hydrogen (secondary N) is 2. The van der Waals surface area contributed by atoms with Gasteiger partial charge >= 0.3 is 0 Å². The van der Waals surface area contributed by atoms with Crippen LogP contribution in [0.2, 0.25) is 0 Å². The minimum atomic E-state index is -0.0890. The molecule has 1 aromatic heterocycles. The summed E-state index contributed by atoms with van der Waals surface area (Å²) in [6.45, 7) is 4.45. The van der Waals surface area contributed by atoms with E-state index in [9.17, 15) is 4.79 Å². The normalized spacial score (nSPS) is 10.2. The van der Waals surface area contributed by atoms with Crippen LogP contribution in [0.15, 0.2) is 49.2 Å². The van der Waals surface area contributed by atoms with Crippen LogP contribution < -0.4 is 10.6 Å². The van der Waals surface area contributed by atoms with Gasteiger partial charge in [-0.25, -0.2) is 0 Å². The zero-order chi connectivity index (χ0) is 12.8. The Bertz CT molecular complexity index is 566. The van der Waals surface area contributed by atoms with Gasteiger partial charge in [-0.2, -0.15) is 0 Å². The van der Waals surface area contributed by atoms with Gasteiger partial charge in [0, 0.05) is 11.9 Å². The van der Waals surface area contributed by atoms with E-state index in [4.69, 9.17) is 0 Å². The Hall–Kier alpha value is -2.20. The SMILES string of the molecule is C=CCNCC(=O)Nc1cnc2ccccc2c1. The monoisotopic (exact) mass is 241 g/mol. The van der Waals surface area contributed by atoms with E-state index in [1.807, 2.05) is 30.3 Å². The molecule has 1 heterocycles. The molecule has 4 nitrogen and oxygen atoms in total. The molecule has 18 heavy (non-hydrogen) atoms. The van der Waals surface area contributed by atoms with Gasteiger partial charge in [-0.3, -0.25) is 9.78 Å². The molecule has 1 amide bonds. The Labute approximate surface area is 106 Å². The van der Waals surface area contributed by atoms with Crippen LogP contribution in [0.3, 0.4) is 0 Å². The number of nitrogens with zero attached hydrogens (tertiary/aromatic N) is 1. The van der Waals surface area contributed by atoms with Gasteiger partial charge in [-0.1, -0.05) is 24.3 Å². The highest BCUT2D eigenvalue weighted by molar-refractivity contribution is 5.94. The lowest BCUT2D eigenvalue weighted by atomic mass is 10.2. The van der Waals surface area contributed by atoms with Gasteiger partial charge in [-0.05, 0) is 12.1 Å². The Kier molecular flexibility index (Phi) is 4.04. The summed E-state index contributed by atoms with van der Waals surface area (Å²) in [6, 6.07) is 9.70. The molecule has 0 fully saturated rings. The lowest BCUT2D eigenvalue weighted by molar-refractivity contribution is -0.115. The average molecular weight is 241 g/mol. The quantitative estimate of drug-likeness (QED) is 0.621. The van der Waals surface area contributed by atoms with Crippen molar-refractivity contribution in [2.24, 2.45) is 0 Å². The van der Waals surface area contributed by atoms with E-state index < -0.39 is 0 Å². The van der Waals surface area contributed by atoms with Crippen molar-refractivity contribution in [2.75, 3.05) is 18.4 Å². The molecular weight excluding hydrogens is 226 g/mol. The van der Waals surface area contributed by atoms with Gasteiger partial charge in [0.05, 0.1) is 23.9 Å². The zero-order valence-corrected chi connectivity index (χ0v) is 10.0. The fourth-order valence-corrected chi connectivity index (χ4v) is 1.63. The van der Waals surface area contributed by atoms with Crippen LogP contribution in [0, 0.1) is 0 Å². The number of amides is 1. The van der Waals surface area contributed by atoms with E-state index in [-0.39, 0.29) is 12.5 Å². The molecule has 0 aliphatic carbocycles. The van der Waals surface area contributed by atoms with Crippen LogP contribution in [0.4, 0.5) is 5.69 Å². The molecule has 0 aliphatic rings. The molecule has 0 bridgehead atoms. The van der Waals surface area contributed by atoms with Crippen molar-refractivity contribution in [3.63, 3.8) is 0 Å². The van der Waals surface area contributed by atoms with Crippen molar-refractivity contribution < 1.29 is 4.79 Å². The number of hydrogen-bond donors (Lipinski definition) is 2. The molecule has 2 aromatic rings. The molecule has 2 N–H and O–H groups in total. The summed E-state index contributed by atoms with van der Waals surface area (Å²) in [5.41, 5.74) is 1.62. The Balaban J connectivity index is 2.03. The molecule has 1 aromatic carbocycles. The van der Waals surface area contributed by atoms with E-state index in [1.54, 1.807) is 12.3 Å². The highest BCUT2D eigenvalue weighted by Gasteiger charge is 2.02. The van der Waals surface area contributed by atoms with Gasteiger partial charge in [0.1, 0.15) is 0 Å². The molecule has 0 radical (unpaired) electrons. The Morgan fingerprint density at radius 3 is 3.06 bits per heavy atom. The topological polar surface area (TPSA) is 54.0 Å². The maximum absolute atomic E-state index is 11.6. The molecule has 2 rings (SSSR count). The Morgan fingerprint density at radius 1 is 1.39 bits per heavy atom. The number of anilines is 1. The lowest BCUT2D eigenvalue weighted by Crippen LogP contribution is -2.28. The Morgan fingerprint density at radius 2 is 2.22 bits per heavy atom. The molecule has 0 spiro atoms. The van der Waals surface area contributed by atoms with Crippen molar-refractivity contribution in [1.82, 2.24) is 10.3 Å². The van der Waals surface area contributed by atoms with Gasteiger partial charge in [-0.15, -0.1) is 6.58 Å². The number of aromatic nitrogens is 1. The second-order valence-electron chi connectivity index (χ2n) is 3.88. The molecule has 4 heteroatoms. The molecule has 92 valence electrons. The number of benzene rings is 1. The molecule has 0 saturated heterocycles. The van der Waals surface area contributed by atoms with Gasteiger partial charge < -0.3 is 10.6 Å². The first-order valence-corrected chi connectivity index (χ1v) is 5.76. The second-order valence-corrected chi connectivity index (χ2v) is 3.88. The van der Waals surface area contributed by atoms with Crippen LogP contribution >= 0.6 is 0 Å². The van der Waals surface area contributed by atoms with Crippen molar-refractivity contribution >= 4 is 22.5 Å². The fraction of sp³-hybridized carbons (Fsp3) is 0.143. The minimum Gasteiger partial charge on any atom is -0.324 e. The largest absolute Gasteiger partial charge is 0.324 e. The van der Waals surface area contributed by atoms with Crippen molar-refractivity contribution in [1.29, 1.82) is 0 Å². The highest BCUT2D eigenvalue weighted by atomic mass is 16.1. The lowest BCUT2D eigenvalue weighted by Gasteiger charge is -2.06. The van der Waals surface area contributed by atoms with Gasteiger partial charge in [0.15, 0.2) is 0 Å². The van der Waals surface area contributed by atoms with E-state index in [2.05, 4.69) is 22.2 Å². The minimum absolute atomic E-state index is 0.0890.